The van der Waals surface area contributed by atoms with Gasteiger partial charge in [0, 0.05) is 0 Å². The van der Waals surface area contributed by atoms with Crippen molar-refractivity contribution in [2.75, 3.05) is 0 Å². The maximum atomic E-state index is 2.50. The topological polar surface area (TPSA) is 0 Å². The Morgan fingerprint density at radius 3 is 2.00 bits per heavy atom. The Bertz CT molecular complexity index is 163. The molecule has 0 spiro atoms. The van der Waals surface area contributed by atoms with Crippen LogP contribution in [0.1, 0.15) is 40.5 Å². The molecular formula is C11H20. The van der Waals surface area contributed by atoms with Crippen molar-refractivity contribution in [1.29, 1.82) is 0 Å². The number of hydrogen-bond acceptors (Lipinski definition) is 0. The van der Waals surface area contributed by atoms with Crippen LogP contribution in [-0.4, -0.2) is 0 Å². The van der Waals surface area contributed by atoms with Crippen LogP contribution < -0.4 is 0 Å². The Labute approximate surface area is 70.4 Å². The summed E-state index contributed by atoms with van der Waals surface area (Å²) < 4.78 is 0. The maximum Gasteiger partial charge on any atom is -0.0287 e. The molecule has 2 bridgehead atoms. The van der Waals surface area contributed by atoms with E-state index in [1.165, 1.54) is 12.8 Å². The van der Waals surface area contributed by atoms with Crippen molar-refractivity contribution in [3.05, 3.63) is 0 Å². The van der Waals surface area contributed by atoms with Gasteiger partial charge in [-0.25, -0.2) is 0 Å². The van der Waals surface area contributed by atoms with Crippen LogP contribution in [0.3, 0.4) is 0 Å². The second-order valence-corrected chi connectivity index (χ2v) is 5.45. The van der Waals surface area contributed by atoms with E-state index in [0.717, 1.165) is 29.1 Å². The summed E-state index contributed by atoms with van der Waals surface area (Å²) in [6.45, 7) is 9.76. The van der Waals surface area contributed by atoms with Crippen LogP contribution in [-0.2, 0) is 0 Å². The zero-order chi connectivity index (χ0) is 8.22. The molecule has 0 aromatic rings. The SMILES string of the molecule is CC(C)C1C(C)C2CC1(C)C2. The smallest absolute Gasteiger partial charge is 0.0287 e. The lowest BCUT2D eigenvalue weighted by molar-refractivity contribution is 0.108. The lowest BCUT2D eigenvalue weighted by Crippen LogP contribution is -2.30. The molecule has 11 heavy (non-hydrogen) atoms. The van der Waals surface area contributed by atoms with Gasteiger partial charge in [0.05, 0.1) is 0 Å². The van der Waals surface area contributed by atoms with E-state index in [1.54, 1.807) is 0 Å². The molecule has 2 unspecified atom stereocenters. The monoisotopic (exact) mass is 152 g/mol. The zero-order valence-electron chi connectivity index (χ0n) is 8.22. The second-order valence-electron chi connectivity index (χ2n) is 5.45. The van der Waals surface area contributed by atoms with Gasteiger partial charge in [-0.2, -0.15) is 0 Å². The molecule has 3 aliphatic rings. The summed E-state index contributed by atoms with van der Waals surface area (Å²) in [5.74, 6) is 4.03. The molecule has 3 rings (SSSR count). The van der Waals surface area contributed by atoms with Crippen LogP contribution >= 0.6 is 0 Å². The first-order valence-corrected chi connectivity index (χ1v) is 5.04. The largest absolute Gasteiger partial charge is 0.0625 e. The van der Waals surface area contributed by atoms with Crippen molar-refractivity contribution in [2.45, 2.75) is 40.5 Å². The molecule has 0 aromatic carbocycles. The lowest BCUT2D eigenvalue weighted by Gasteiger charge is -2.39. The van der Waals surface area contributed by atoms with Crippen LogP contribution in [0.4, 0.5) is 0 Å². The Hall–Kier alpha value is 0. The summed E-state index contributed by atoms with van der Waals surface area (Å²) >= 11 is 0. The van der Waals surface area contributed by atoms with Crippen LogP contribution in [0.2, 0.25) is 0 Å². The molecule has 0 nitrogen and oxygen atoms in total. The number of fused-ring (bicyclic) bond motifs is 1. The molecule has 2 atom stereocenters. The molecule has 0 amide bonds. The first-order valence-electron chi connectivity index (χ1n) is 5.04. The van der Waals surface area contributed by atoms with Gasteiger partial charge in [-0.05, 0) is 41.9 Å². The standard InChI is InChI=1S/C11H20/c1-7(2)10-8(3)9-5-11(10,4)6-9/h7-10H,5-6H2,1-4H3. The Kier molecular flexibility index (Phi) is 1.41. The fourth-order valence-electron chi connectivity index (χ4n) is 4.12. The highest BCUT2D eigenvalue weighted by Gasteiger charge is 2.58. The van der Waals surface area contributed by atoms with E-state index in [-0.39, 0.29) is 0 Å². The molecule has 0 heterocycles. The molecule has 0 saturated heterocycles. The Morgan fingerprint density at radius 2 is 1.82 bits per heavy atom. The van der Waals surface area contributed by atoms with E-state index < -0.39 is 0 Å². The van der Waals surface area contributed by atoms with Gasteiger partial charge >= 0.3 is 0 Å². The highest BCUT2D eigenvalue weighted by Crippen LogP contribution is 2.66. The molecule has 3 saturated carbocycles. The van der Waals surface area contributed by atoms with Crippen molar-refractivity contribution in [3.63, 3.8) is 0 Å². The van der Waals surface area contributed by atoms with Crippen molar-refractivity contribution < 1.29 is 0 Å². The molecular weight excluding hydrogens is 132 g/mol. The van der Waals surface area contributed by atoms with Gasteiger partial charge in [-0.1, -0.05) is 27.7 Å². The highest BCUT2D eigenvalue weighted by molar-refractivity contribution is 5.07. The first-order chi connectivity index (χ1) is 5.04. The van der Waals surface area contributed by atoms with Gasteiger partial charge in [0.1, 0.15) is 0 Å². The molecule has 3 aliphatic carbocycles. The Balaban J connectivity index is 2.19. The summed E-state index contributed by atoms with van der Waals surface area (Å²) in [4.78, 5) is 0. The quantitative estimate of drug-likeness (QED) is 0.540. The average molecular weight is 152 g/mol. The third kappa shape index (κ3) is 0.816. The van der Waals surface area contributed by atoms with E-state index in [1.807, 2.05) is 0 Å². The van der Waals surface area contributed by atoms with Crippen LogP contribution in [0.15, 0.2) is 0 Å². The molecule has 0 aromatic heterocycles. The maximum absolute atomic E-state index is 2.50. The predicted octanol–water partition coefficient (Wildman–Crippen LogP) is 3.32. The van der Waals surface area contributed by atoms with Crippen molar-refractivity contribution in [2.24, 2.45) is 29.1 Å². The minimum atomic E-state index is 0.748. The number of rotatable bonds is 1. The molecule has 0 aliphatic heterocycles. The minimum Gasteiger partial charge on any atom is -0.0625 e. The summed E-state index contributed by atoms with van der Waals surface area (Å²) in [5, 5.41) is 0. The van der Waals surface area contributed by atoms with E-state index in [4.69, 9.17) is 0 Å². The van der Waals surface area contributed by atoms with Gasteiger partial charge in [0.2, 0.25) is 0 Å². The average Bonchev–Trinajstić information content (AvgIpc) is 2.14. The van der Waals surface area contributed by atoms with Gasteiger partial charge in [-0.3, -0.25) is 0 Å². The van der Waals surface area contributed by atoms with Crippen LogP contribution in [0.25, 0.3) is 0 Å². The third-order valence-electron chi connectivity index (χ3n) is 4.29. The molecule has 3 fully saturated rings. The summed E-state index contributed by atoms with van der Waals surface area (Å²) in [5.41, 5.74) is 0.748. The number of hydrogen-bond donors (Lipinski definition) is 0. The van der Waals surface area contributed by atoms with E-state index in [0.29, 0.717) is 0 Å². The van der Waals surface area contributed by atoms with Crippen molar-refractivity contribution in [1.82, 2.24) is 0 Å². The van der Waals surface area contributed by atoms with Crippen LogP contribution in [0.5, 0.6) is 0 Å². The molecule has 0 heteroatoms. The van der Waals surface area contributed by atoms with Crippen molar-refractivity contribution in [3.8, 4) is 0 Å². The zero-order valence-corrected chi connectivity index (χ0v) is 8.22. The van der Waals surface area contributed by atoms with E-state index in [9.17, 15) is 0 Å². The summed E-state index contributed by atoms with van der Waals surface area (Å²) in [6.07, 6.45) is 3.05. The summed E-state index contributed by atoms with van der Waals surface area (Å²) in [7, 11) is 0. The van der Waals surface area contributed by atoms with Gasteiger partial charge in [-0.15, -0.1) is 0 Å². The van der Waals surface area contributed by atoms with Crippen LogP contribution in [0, 0.1) is 29.1 Å². The fraction of sp³-hybridized carbons (Fsp3) is 1.00. The molecule has 0 radical (unpaired) electrons. The third-order valence-corrected chi connectivity index (χ3v) is 4.29. The van der Waals surface area contributed by atoms with Gasteiger partial charge in [0.25, 0.3) is 0 Å². The van der Waals surface area contributed by atoms with Gasteiger partial charge < -0.3 is 0 Å². The van der Waals surface area contributed by atoms with Gasteiger partial charge in [0.15, 0.2) is 0 Å². The normalized spacial score (nSPS) is 54.8. The molecule has 64 valence electrons. The predicted molar refractivity (Wildman–Crippen MR) is 48.3 cm³/mol. The lowest BCUT2D eigenvalue weighted by atomic mass is 9.66. The summed E-state index contributed by atoms with van der Waals surface area (Å²) in [6, 6.07) is 0. The second kappa shape index (κ2) is 2.02. The first kappa shape index (κ1) is 7.64. The minimum absolute atomic E-state index is 0.748. The Morgan fingerprint density at radius 1 is 1.27 bits per heavy atom. The van der Waals surface area contributed by atoms with E-state index >= 15 is 0 Å². The van der Waals surface area contributed by atoms with Crippen molar-refractivity contribution >= 4 is 0 Å². The highest BCUT2D eigenvalue weighted by atomic mass is 14.6. The van der Waals surface area contributed by atoms with E-state index in [2.05, 4.69) is 27.7 Å². The molecule has 0 N–H and O–H groups in total. The fourth-order valence-corrected chi connectivity index (χ4v) is 4.12.